The molecular weight excluding hydrogens is 673 g/mol. The zero-order valence-corrected chi connectivity index (χ0v) is 26.4. The summed E-state index contributed by atoms with van der Waals surface area (Å²) < 4.78 is 68.8. The Morgan fingerprint density at radius 3 is 2.24 bits per heavy atom. The van der Waals surface area contributed by atoms with Crippen LogP contribution < -0.4 is 9.46 Å². The molecule has 2 bridgehead atoms. The molecule has 2 saturated heterocycles. The molecule has 0 radical (unpaired) electrons. The Kier molecular flexibility index (Phi) is 8.25. The second-order valence-electron chi connectivity index (χ2n) is 12.1. The van der Waals surface area contributed by atoms with Gasteiger partial charge in [0.15, 0.2) is 6.04 Å². The lowest BCUT2D eigenvalue weighted by Crippen LogP contribution is -2.59. The predicted molar refractivity (Wildman–Crippen MR) is 166 cm³/mol. The number of piperidine rings is 1. The van der Waals surface area contributed by atoms with Gasteiger partial charge >= 0.3 is 0 Å². The third kappa shape index (κ3) is 5.91. The van der Waals surface area contributed by atoms with E-state index in [4.69, 9.17) is 4.74 Å². The van der Waals surface area contributed by atoms with E-state index in [1.165, 1.54) is 36.4 Å². The van der Waals surface area contributed by atoms with Crippen molar-refractivity contribution >= 4 is 49.3 Å². The number of rotatable bonds is 8. The minimum absolute atomic E-state index is 0.160. The quantitative estimate of drug-likeness (QED) is 0.256. The third-order valence-corrected chi connectivity index (χ3v) is 11.2. The van der Waals surface area contributed by atoms with Gasteiger partial charge in [-0.25, -0.2) is 8.42 Å². The van der Waals surface area contributed by atoms with E-state index in [1.807, 2.05) is 28.7 Å². The third-order valence-electron chi connectivity index (χ3n) is 9.03. The molecule has 3 fully saturated rings. The first kappa shape index (κ1) is 29.7. The molecule has 0 aromatic heterocycles. The van der Waals surface area contributed by atoms with Gasteiger partial charge < -0.3 is 9.64 Å². The number of sulfonamides is 1. The Morgan fingerprint density at radius 2 is 1.57 bits per heavy atom. The molecule has 42 heavy (non-hydrogen) atoms. The molecule has 2 unspecified atom stereocenters. The maximum atomic E-state index is 16.2. The zero-order valence-electron chi connectivity index (χ0n) is 23.4. The summed E-state index contributed by atoms with van der Waals surface area (Å²) in [4.78, 5) is 15.3. The van der Waals surface area contributed by atoms with Crippen LogP contribution in [0.15, 0.2) is 65.6 Å². The van der Waals surface area contributed by atoms with Gasteiger partial charge in [-0.2, -0.15) is 13.5 Å². The first-order valence-electron chi connectivity index (χ1n) is 14.7. The van der Waals surface area contributed by atoms with E-state index in [0.29, 0.717) is 11.3 Å². The average molecular weight is 709 g/mol. The van der Waals surface area contributed by atoms with E-state index in [2.05, 4.69) is 11.6 Å². The molecule has 224 valence electrons. The van der Waals surface area contributed by atoms with Crippen LogP contribution in [0.1, 0.15) is 63.9 Å². The van der Waals surface area contributed by atoms with E-state index in [1.54, 1.807) is 23.1 Å². The number of fused-ring (bicyclic) bond motifs is 3. The molecule has 2 aliphatic heterocycles. The Morgan fingerprint density at radius 1 is 0.952 bits per heavy atom. The van der Waals surface area contributed by atoms with Crippen molar-refractivity contribution in [3.05, 3.63) is 69.8 Å². The molecule has 6 rings (SSSR count). The summed E-state index contributed by atoms with van der Waals surface area (Å²) in [6, 6.07) is 12.9. The smallest absolute Gasteiger partial charge is 0.298 e. The van der Waals surface area contributed by atoms with Crippen molar-refractivity contribution < 1.29 is 26.7 Å². The second-order valence-corrected chi connectivity index (χ2v) is 15.0. The van der Waals surface area contributed by atoms with Crippen molar-refractivity contribution in [1.82, 2.24) is 9.62 Å². The Hall–Kier alpha value is -2.31. The Labute approximate surface area is 259 Å². The van der Waals surface area contributed by atoms with Crippen molar-refractivity contribution in [2.45, 2.75) is 93.3 Å². The van der Waals surface area contributed by atoms with Crippen LogP contribution in [-0.2, 0) is 20.7 Å². The van der Waals surface area contributed by atoms with E-state index < -0.39 is 33.5 Å². The molecule has 3 atom stereocenters. The molecule has 6 nitrogen and oxygen atoms in total. The number of hydrogen-bond donors (Lipinski definition) is 1. The van der Waals surface area contributed by atoms with Crippen LogP contribution in [0.3, 0.4) is 0 Å². The van der Waals surface area contributed by atoms with Crippen molar-refractivity contribution in [3.63, 3.8) is 0 Å². The van der Waals surface area contributed by atoms with Crippen LogP contribution in [0, 0.1) is 9.49 Å². The lowest BCUT2D eigenvalue weighted by Gasteiger charge is -2.41. The summed E-state index contributed by atoms with van der Waals surface area (Å²) in [6.07, 6.45) is 7.47. The van der Waals surface area contributed by atoms with Gasteiger partial charge in [0.05, 0.1) is 11.0 Å². The first-order chi connectivity index (χ1) is 20.0. The normalized spacial score (nSPS) is 23.8. The highest BCUT2D eigenvalue weighted by Crippen LogP contribution is 2.42. The van der Waals surface area contributed by atoms with Crippen molar-refractivity contribution in [3.8, 4) is 5.75 Å². The molecule has 1 saturated carbocycles. The van der Waals surface area contributed by atoms with Gasteiger partial charge in [-0.15, -0.1) is 0 Å². The number of amides is 1. The largest absolute Gasteiger partial charge is 0.490 e. The second kappa shape index (κ2) is 11.6. The minimum Gasteiger partial charge on any atom is -0.490 e. The number of alkyl halides is 2. The lowest BCUT2D eigenvalue weighted by atomic mass is 9.91. The van der Waals surface area contributed by atoms with Gasteiger partial charge in [0.2, 0.25) is 15.9 Å². The van der Waals surface area contributed by atoms with E-state index in [0.717, 1.165) is 66.1 Å². The van der Waals surface area contributed by atoms with Gasteiger partial charge in [0, 0.05) is 21.2 Å². The Balaban J connectivity index is 1.31. The van der Waals surface area contributed by atoms with Crippen LogP contribution in [-0.4, -0.2) is 43.5 Å². The van der Waals surface area contributed by atoms with Gasteiger partial charge in [0.25, 0.3) is 5.92 Å². The summed E-state index contributed by atoms with van der Waals surface area (Å²) in [5.74, 6) is -3.53. The number of ether oxygens (including phenoxy) is 1. The number of nitrogens with one attached hydrogen (secondary N) is 1. The zero-order chi connectivity index (χ0) is 29.6. The van der Waals surface area contributed by atoms with E-state index >= 15 is 8.78 Å². The summed E-state index contributed by atoms with van der Waals surface area (Å²) in [5.41, 5.74) is -0.407. The summed E-state index contributed by atoms with van der Waals surface area (Å²) in [7, 11) is -4.50. The predicted octanol–water partition coefficient (Wildman–Crippen LogP) is 6.99. The highest BCUT2D eigenvalue weighted by molar-refractivity contribution is 14.1. The van der Waals surface area contributed by atoms with E-state index in [-0.39, 0.29) is 23.1 Å². The molecule has 10 heteroatoms. The lowest BCUT2D eigenvalue weighted by molar-refractivity contribution is -0.149. The van der Waals surface area contributed by atoms with Crippen LogP contribution >= 0.6 is 22.6 Å². The van der Waals surface area contributed by atoms with Crippen molar-refractivity contribution in [2.24, 2.45) is 5.92 Å². The maximum absolute atomic E-state index is 16.2. The molecule has 1 amide bonds. The molecule has 3 aromatic rings. The number of hydrogen-bond acceptors (Lipinski definition) is 4. The summed E-state index contributed by atoms with van der Waals surface area (Å²) in [6.45, 7) is 2.11. The maximum Gasteiger partial charge on any atom is 0.298 e. The van der Waals surface area contributed by atoms with Gasteiger partial charge in [-0.1, -0.05) is 31.2 Å². The molecule has 2 heterocycles. The minimum atomic E-state index is -4.50. The van der Waals surface area contributed by atoms with Crippen molar-refractivity contribution in [2.75, 3.05) is 0 Å². The first-order valence-corrected chi connectivity index (χ1v) is 17.3. The van der Waals surface area contributed by atoms with Crippen LogP contribution in [0.25, 0.3) is 10.8 Å². The SMILES string of the molecule is CC1CC2CCC(C1)N2C(=O)[C@@H](NS(=O)(=O)c1ccc2cc(OC3CCCC3)ccc2c1)C(F)(F)c1ccc(I)cc1. The fourth-order valence-electron chi connectivity index (χ4n) is 6.94. The fourth-order valence-corrected chi connectivity index (χ4v) is 8.52. The van der Waals surface area contributed by atoms with Crippen molar-refractivity contribution in [1.29, 1.82) is 0 Å². The monoisotopic (exact) mass is 708 g/mol. The molecule has 0 spiro atoms. The Bertz CT molecular complexity index is 1560. The standard InChI is InChI=1S/C32H35F2IN2O4S/c1-20-16-25-12-13-26(17-20)37(25)31(38)30(32(33,34)23-8-10-24(35)11-9-23)36-42(39,40)29-15-7-21-18-28(14-6-22(21)19-29)41-27-4-2-3-5-27/h6-11,14-15,18-20,25-27,30,36H,2-5,12-13,16-17H2,1H3/t20?,25?,26?,30-/m1/s1. The highest BCUT2D eigenvalue weighted by atomic mass is 127. The topological polar surface area (TPSA) is 75.7 Å². The average Bonchev–Trinajstić information content (AvgIpc) is 3.56. The molecule has 1 aliphatic carbocycles. The number of nitrogens with zero attached hydrogens (tertiary/aromatic N) is 1. The molecular formula is C32H35F2IN2O4S. The van der Waals surface area contributed by atoms with Crippen LogP contribution in [0.4, 0.5) is 8.78 Å². The number of carbonyl (C=O) groups excluding carboxylic acids is 1. The molecule has 3 aliphatic rings. The van der Waals surface area contributed by atoms with Crippen LogP contribution in [0.5, 0.6) is 5.75 Å². The molecule has 3 aromatic carbocycles. The highest BCUT2D eigenvalue weighted by Gasteiger charge is 2.53. The summed E-state index contributed by atoms with van der Waals surface area (Å²) in [5, 5.41) is 1.41. The van der Waals surface area contributed by atoms with Gasteiger partial charge in [-0.3, -0.25) is 4.79 Å². The van der Waals surface area contributed by atoms with Gasteiger partial charge in [0.1, 0.15) is 5.75 Å². The summed E-state index contributed by atoms with van der Waals surface area (Å²) >= 11 is 2.02. The van der Waals surface area contributed by atoms with Crippen LogP contribution in [0.2, 0.25) is 0 Å². The van der Waals surface area contributed by atoms with E-state index in [9.17, 15) is 13.2 Å². The number of halogens is 3. The fraction of sp³-hybridized carbons (Fsp3) is 0.469. The molecule has 1 N–H and O–H groups in total. The van der Waals surface area contributed by atoms with Gasteiger partial charge in [-0.05, 0) is 127 Å². The number of carbonyl (C=O) groups is 1. The number of benzene rings is 3.